The quantitative estimate of drug-likeness (QED) is 0.435. The van der Waals surface area contributed by atoms with Crippen LogP contribution < -0.4 is 10.1 Å². The first kappa shape index (κ1) is 24.5. The highest BCUT2D eigenvalue weighted by atomic mass is 127. The molecule has 0 bridgehead atoms. The third-order valence-electron chi connectivity index (χ3n) is 4.54. The van der Waals surface area contributed by atoms with E-state index in [0.717, 1.165) is 9.13 Å². The summed E-state index contributed by atoms with van der Waals surface area (Å²) in [4.78, 5) is 27.5. The van der Waals surface area contributed by atoms with E-state index in [0.29, 0.717) is 29.7 Å². The number of hydrogen-bond donors (Lipinski definition) is 1. The summed E-state index contributed by atoms with van der Waals surface area (Å²) in [6, 6.07) is 14.2. The molecule has 5 nitrogen and oxygen atoms in total. The van der Waals surface area contributed by atoms with Gasteiger partial charge in [0.25, 0.3) is 5.91 Å². The van der Waals surface area contributed by atoms with Crippen molar-refractivity contribution in [3.8, 4) is 5.75 Å². The molecule has 1 N–H and O–H groups in total. The molecule has 0 fully saturated rings. The molecule has 0 saturated carbocycles. The molecule has 7 heteroatoms. The smallest absolute Gasteiger partial charge is 0.261 e. The first-order chi connectivity index (χ1) is 14.3. The van der Waals surface area contributed by atoms with Gasteiger partial charge in [-0.3, -0.25) is 9.59 Å². The maximum absolute atomic E-state index is 13.1. The van der Waals surface area contributed by atoms with Crippen LogP contribution >= 0.6 is 34.2 Å². The van der Waals surface area contributed by atoms with Crippen molar-refractivity contribution in [2.75, 3.05) is 13.2 Å². The van der Waals surface area contributed by atoms with E-state index in [1.807, 2.05) is 63.2 Å². The largest absolute Gasteiger partial charge is 0.484 e. The zero-order valence-electron chi connectivity index (χ0n) is 17.5. The minimum atomic E-state index is -0.604. The molecule has 0 radical (unpaired) electrons. The Balaban J connectivity index is 2.19. The van der Waals surface area contributed by atoms with Gasteiger partial charge >= 0.3 is 0 Å². The minimum Gasteiger partial charge on any atom is -0.484 e. The lowest BCUT2D eigenvalue weighted by Crippen LogP contribution is -2.50. The fourth-order valence-corrected chi connectivity index (χ4v) is 3.47. The molecule has 2 aromatic rings. The Labute approximate surface area is 197 Å². The predicted molar refractivity (Wildman–Crippen MR) is 129 cm³/mol. The third kappa shape index (κ3) is 7.47. The number of carbonyl (C=O) groups is 2. The lowest BCUT2D eigenvalue weighted by atomic mass is 10.1. The van der Waals surface area contributed by atoms with Gasteiger partial charge < -0.3 is 15.0 Å². The van der Waals surface area contributed by atoms with Crippen LogP contribution in [0.1, 0.15) is 32.8 Å². The van der Waals surface area contributed by atoms with Gasteiger partial charge in [0.05, 0.1) is 0 Å². The number of nitrogens with zero attached hydrogens (tertiary/aromatic N) is 1. The average Bonchev–Trinajstić information content (AvgIpc) is 2.72. The molecule has 0 aromatic heterocycles. The maximum atomic E-state index is 13.1. The van der Waals surface area contributed by atoms with Crippen LogP contribution in [0.5, 0.6) is 5.75 Å². The lowest BCUT2D eigenvalue weighted by Gasteiger charge is -2.31. The van der Waals surface area contributed by atoms with E-state index < -0.39 is 6.04 Å². The van der Waals surface area contributed by atoms with Gasteiger partial charge in [0, 0.05) is 21.7 Å². The van der Waals surface area contributed by atoms with Crippen LogP contribution in [-0.4, -0.2) is 35.9 Å². The maximum Gasteiger partial charge on any atom is 0.261 e. The van der Waals surface area contributed by atoms with Gasteiger partial charge in [-0.15, -0.1) is 0 Å². The van der Waals surface area contributed by atoms with Crippen molar-refractivity contribution < 1.29 is 14.3 Å². The molecule has 0 aliphatic rings. The van der Waals surface area contributed by atoms with Crippen LogP contribution in [0, 0.1) is 9.49 Å². The van der Waals surface area contributed by atoms with E-state index in [4.69, 9.17) is 16.3 Å². The second-order valence-electron chi connectivity index (χ2n) is 7.42. The van der Waals surface area contributed by atoms with Crippen molar-refractivity contribution in [1.82, 2.24) is 10.2 Å². The number of carbonyl (C=O) groups excluding carboxylic acids is 2. The molecule has 0 saturated heterocycles. The molecule has 2 aromatic carbocycles. The second-order valence-corrected chi connectivity index (χ2v) is 9.07. The van der Waals surface area contributed by atoms with Gasteiger partial charge in [0.1, 0.15) is 11.8 Å². The summed E-state index contributed by atoms with van der Waals surface area (Å²) >= 11 is 8.53. The molecule has 1 atom stereocenters. The summed E-state index contributed by atoms with van der Waals surface area (Å²) in [5, 5.41) is 3.50. The summed E-state index contributed by atoms with van der Waals surface area (Å²) in [5.74, 6) is 0.503. The van der Waals surface area contributed by atoms with E-state index in [1.165, 1.54) is 0 Å². The molecule has 0 heterocycles. The molecule has 2 rings (SSSR count). The van der Waals surface area contributed by atoms with E-state index in [1.54, 1.807) is 11.0 Å². The summed E-state index contributed by atoms with van der Waals surface area (Å²) in [6.45, 7) is 6.60. The van der Waals surface area contributed by atoms with Gasteiger partial charge in [0.15, 0.2) is 6.61 Å². The van der Waals surface area contributed by atoms with Gasteiger partial charge in [-0.05, 0) is 70.8 Å². The molecule has 2 amide bonds. The highest BCUT2D eigenvalue weighted by Gasteiger charge is 2.29. The zero-order valence-corrected chi connectivity index (χ0v) is 20.4. The van der Waals surface area contributed by atoms with Crippen molar-refractivity contribution in [2.24, 2.45) is 5.92 Å². The fraction of sp³-hybridized carbons (Fsp3) is 0.391. The number of hydrogen-bond acceptors (Lipinski definition) is 3. The van der Waals surface area contributed by atoms with Crippen LogP contribution in [-0.2, 0) is 16.1 Å². The van der Waals surface area contributed by atoms with E-state index in [2.05, 4.69) is 27.9 Å². The highest BCUT2D eigenvalue weighted by molar-refractivity contribution is 14.1. The van der Waals surface area contributed by atoms with Crippen molar-refractivity contribution in [2.45, 2.75) is 39.8 Å². The lowest BCUT2D eigenvalue weighted by molar-refractivity contribution is -0.143. The Morgan fingerprint density at radius 1 is 1.13 bits per heavy atom. The Morgan fingerprint density at radius 3 is 2.40 bits per heavy atom. The van der Waals surface area contributed by atoms with Crippen LogP contribution in [0.3, 0.4) is 0 Å². The SMILES string of the molecule is CCC(C(=O)NCC(C)C)N(Cc1ccccc1Cl)C(=O)COc1ccc(I)cc1. The first-order valence-corrected chi connectivity index (χ1v) is 11.5. The molecule has 162 valence electrons. The third-order valence-corrected chi connectivity index (χ3v) is 5.63. The van der Waals surface area contributed by atoms with E-state index in [-0.39, 0.29) is 25.0 Å². The molecular weight excluding hydrogens is 515 g/mol. The average molecular weight is 543 g/mol. The summed E-state index contributed by atoms with van der Waals surface area (Å²) in [7, 11) is 0. The Bertz CT molecular complexity index is 843. The molecule has 1 unspecified atom stereocenters. The molecule has 0 aliphatic heterocycles. The minimum absolute atomic E-state index is 0.154. The van der Waals surface area contributed by atoms with Crippen LogP contribution in [0.4, 0.5) is 0 Å². The van der Waals surface area contributed by atoms with Crippen LogP contribution in [0.2, 0.25) is 5.02 Å². The number of nitrogens with one attached hydrogen (secondary N) is 1. The molecule has 0 spiro atoms. The number of benzene rings is 2. The summed E-state index contributed by atoms with van der Waals surface area (Å²) in [5.41, 5.74) is 0.789. The topological polar surface area (TPSA) is 58.6 Å². The number of amides is 2. The van der Waals surface area contributed by atoms with Gasteiger partial charge in [0.2, 0.25) is 5.91 Å². The summed E-state index contributed by atoms with van der Waals surface area (Å²) < 4.78 is 6.77. The standard InChI is InChI=1S/C23H28ClIN2O3/c1-4-21(23(29)26-13-16(2)3)27(14-17-7-5-6-8-20(17)24)22(28)15-30-19-11-9-18(25)10-12-19/h5-12,16,21H,4,13-15H2,1-3H3,(H,26,29). The monoisotopic (exact) mass is 542 g/mol. The van der Waals surface area contributed by atoms with Gasteiger partial charge in [-0.2, -0.15) is 0 Å². The number of halogens is 2. The summed E-state index contributed by atoms with van der Waals surface area (Å²) in [6.07, 6.45) is 0.490. The molecule has 0 aliphatic carbocycles. The normalized spacial score (nSPS) is 11.8. The Morgan fingerprint density at radius 2 is 1.80 bits per heavy atom. The predicted octanol–water partition coefficient (Wildman–Crippen LogP) is 4.90. The molecular formula is C23H28ClIN2O3. The van der Waals surface area contributed by atoms with E-state index in [9.17, 15) is 9.59 Å². The zero-order chi connectivity index (χ0) is 22.1. The van der Waals surface area contributed by atoms with Crippen molar-refractivity contribution in [1.29, 1.82) is 0 Å². The first-order valence-electron chi connectivity index (χ1n) is 10.0. The Hall–Kier alpha value is -1.80. The van der Waals surface area contributed by atoms with Crippen LogP contribution in [0.25, 0.3) is 0 Å². The second kappa shape index (κ2) is 12.2. The fourth-order valence-electron chi connectivity index (χ4n) is 2.91. The van der Waals surface area contributed by atoms with Crippen molar-refractivity contribution in [3.05, 3.63) is 62.7 Å². The van der Waals surface area contributed by atoms with Crippen LogP contribution in [0.15, 0.2) is 48.5 Å². The van der Waals surface area contributed by atoms with Gasteiger partial charge in [-0.25, -0.2) is 0 Å². The molecule has 30 heavy (non-hydrogen) atoms. The van der Waals surface area contributed by atoms with E-state index >= 15 is 0 Å². The van der Waals surface area contributed by atoms with Crippen molar-refractivity contribution in [3.63, 3.8) is 0 Å². The number of rotatable bonds is 10. The van der Waals surface area contributed by atoms with Crippen molar-refractivity contribution >= 4 is 46.0 Å². The number of ether oxygens (including phenoxy) is 1. The highest BCUT2D eigenvalue weighted by Crippen LogP contribution is 2.20. The van der Waals surface area contributed by atoms with Gasteiger partial charge in [-0.1, -0.05) is 50.6 Å². The Kier molecular flexibility index (Phi) is 9.91.